The first kappa shape index (κ1) is 53.2. The lowest BCUT2D eigenvalue weighted by Crippen LogP contribution is -2.51. The number of allylic oxidation sites excluding steroid dienone is 3. The number of nitrogens with zero attached hydrogens (tertiary/aromatic N) is 4. The van der Waals surface area contributed by atoms with E-state index in [-0.39, 0.29) is 91.8 Å². The van der Waals surface area contributed by atoms with Gasteiger partial charge in [-0.25, -0.2) is 14.4 Å². The van der Waals surface area contributed by atoms with Crippen LogP contribution in [0.25, 0.3) is 0 Å². The van der Waals surface area contributed by atoms with Crippen molar-refractivity contribution in [2.45, 2.75) is 160 Å². The van der Waals surface area contributed by atoms with E-state index in [0.717, 1.165) is 28.0 Å². The van der Waals surface area contributed by atoms with Gasteiger partial charge in [-0.15, -0.1) is 16.8 Å². The van der Waals surface area contributed by atoms with Crippen molar-refractivity contribution < 1.29 is 62.2 Å². The molecule has 386 valence electrons. The van der Waals surface area contributed by atoms with Crippen LogP contribution in [0.3, 0.4) is 0 Å². The molecule has 4 unspecified atom stereocenters. The predicted octanol–water partition coefficient (Wildman–Crippen LogP) is 5.43. The number of aryl methyl sites for hydroxylation is 1. The molecule has 9 atom stereocenters. The second-order valence-corrected chi connectivity index (χ2v) is 21.9. The van der Waals surface area contributed by atoms with Gasteiger partial charge in [-0.05, 0) is 101 Å². The molecule has 0 radical (unpaired) electrons. The van der Waals surface area contributed by atoms with Crippen molar-refractivity contribution in [1.29, 1.82) is 0 Å². The van der Waals surface area contributed by atoms with Gasteiger partial charge in [0.1, 0.15) is 23.9 Å². The van der Waals surface area contributed by atoms with Crippen molar-refractivity contribution in [2.75, 3.05) is 31.3 Å². The topological polar surface area (TPSA) is 219 Å². The number of hydrogen-bond acceptors (Lipinski definition) is 14. The molecular weight excluding hydrogens is 935 g/mol. The summed E-state index contributed by atoms with van der Waals surface area (Å²) in [6.07, 6.45) is 6.37. The number of nitrogens with one attached hydrogen (secondary N) is 1. The molecule has 5 fully saturated rings. The number of hydroxylamine groups is 2. The van der Waals surface area contributed by atoms with Gasteiger partial charge < -0.3 is 34.2 Å². The molecule has 18 nitrogen and oxygen atoms in total. The lowest BCUT2D eigenvalue weighted by atomic mass is 9.82. The van der Waals surface area contributed by atoms with Crippen LogP contribution < -0.4 is 10.2 Å². The number of alkyl carbamates (subject to hydrolysis) is 1. The highest BCUT2D eigenvalue weighted by molar-refractivity contribution is 8.00. The highest BCUT2D eigenvalue weighted by atomic mass is 32.2. The van der Waals surface area contributed by atoms with E-state index in [9.17, 15) is 43.2 Å². The van der Waals surface area contributed by atoms with E-state index < -0.39 is 71.0 Å². The van der Waals surface area contributed by atoms with Gasteiger partial charge in [0.15, 0.2) is 0 Å². The Kier molecular flexibility index (Phi) is 16.5. The summed E-state index contributed by atoms with van der Waals surface area (Å²) in [5.74, 6) is -4.45. The third kappa shape index (κ3) is 12.0. The number of likely N-dealkylation sites (tertiary alicyclic amines) is 1. The Bertz CT molecular complexity index is 2360. The molecule has 1 aliphatic carbocycles. The van der Waals surface area contributed by atoms with Gasteiger partial charge in [-0.1, -0.05) is 43.7 Å². The Morgan fingerprint density at radius 1 is 0.958 bits per heavy atom. The summed E-state index contributed by atoms with van der Waals surface area (Å²) in [5, 5.41) is 2.84. The zero-order valence-corrected chi connectivity index (χ0v) is 43.2. The van der Waals surface area contributed by atoms with Crippen LogP contribution in [0, 0.1) is 37.5 Å². The highest BCUT2D eigenvalue weighted by Gasteiger charge is 2.64. The summed E-state index contributed by atoms with van der Waals surface area (Å²) in [6.45, 7) is 13.5. The predicted molar refractivity (Wildman–Crippen MR) is 261 cm³/mol. The van der Waals surface area contributed by atoms with Crippen molar-refractivity contribution in [1.82, 2.24) is 20.2 Å². The molecule has 7 amide bonds. The fourth-order valence-corrected chi connectivity index (χ4v) is 11.6. The molecule has 1 N–H and O–H groups in total. The number of ether oxygens (including phenoxy) is 3. The maximum atomic E-state index is 14.4. The average molecular weight is 1000 g/mol. The van der Waals surface area contributed by atoms with Gasteiger partial charge in [-0.2, -0.15) is 0 Å². The first-order valence-corrected chi connectivity index (χ1v) is 26.0. The second kappa shape index (κ2) is 22.1. The van der Waals surface area contributed by atoms with Crippen molar-refractivity contribution >= 4 is 70.9 Å². The molecule has 19 heteroatoms. The highest BCUT2D eigenvalue weighted by Crippen LogP contribution is 2.49. The standard InChI is InChI=1S/C52H69N5O13S/c1-28-11-10-12-29(2)37-24-39(67-51(66)53-37)32(5)47-52(7,69-47)41(26-45(61)55(9)38-23-35(21-28)22-30(3)31(38)4)68-49(64)33(6)54(8)42(58)19-20-71-40-25-46(62)56(48(40)63)27-34-13-15-36(16-14-34)50(65)70-57-43(59)17-18-44(57)60/h10-12,22-23,29,32-34,36-37,39-41,47H,13-21,24-27H2,1-9H3,(H,53,66)/b12-10+,28-11+/t29-,32-,33+,34?,36?,37?,39?,40?,41+,47?,52-/m1/s1. The molecule has 7 rings (SSSR count). The number of esters is 1. The molecule has 5 heterocycles. The van der Waals surface area contributed by atoms with Crippen molar-refractivity contribution in [3.63, 3.8) is 0 Å². The summed E-state index contributed by atoms with van der Waals surface area (Å²) < 4.78 is 18.4. The van der Waals surface area contributed by atoms with Crippen LogP contribution in [-0.4, -0.2) is 136 Å². The first-order valence-electron chi connectivity index (χ1n) is 24.9. The number of imide groups is 2. The number of likely N-dealkylation sites (N-methyl/N-ethyl adjacent to an activating group) is 1. The molecular formula is C52H69N5O13S. The van der Waals surface area contributed by atoms with Gasteiger partial charge in [0.25, 0.3) is 11.8 Å². The molecule has 4 saturated heterocycles. The quantitative estimate of drug-likeness (QED) is 0.166. The minimum absolute atomic E-state index is 0.00961. The Balaban J connectivity index is 0.959. The fourth-order valence-electron chi connectivity index (χ4n) is 10.5. The Morgan fingerprint density at radius 2 is 1.65 bits per heavy atom. The average Bonchev–Trinajstić information content (AvgIpc) is 3.84. The van der Waals surface area contributed by atoms with Crippen LogP contribution >= 0.6 is 11.8 Å². The van der Waals surface area contributed by atoms with E-state index in [1.807, 2.05) is 39.8 Å². The minimum atomic E-state index is -1.13. The Hall–Kier alpha value is -5.56. The van der Waals surface area contributed by atoms with Crippen LogP contribution in [-0.2, 0) is 63.8 Å². The number of amides is 7. The summed E-state index contributed by atoms with van der Waals surface area (Å²) in [6, 6.07) is 2.85. The first-order chi connectivity index (χ1) is 33.6. The van der Waals surface area contributed by atoms with Gasteiger partial charge in [0.2, 0.25) is 23.6 Å². The number of carbonyl (C=O) groups is 9. The van der Waals surface area contributed by atoms with E-state index in [1.165, 1.54) is 28.6 Å². The number of hydrogen-bond donors (Lipinski definition) is 1. The smallest absolute Gasteiger partial charge is 0.407 e. The number of rotatable bonds is 11. The number of epoxide rings is 1. The van der Waals surface area contributed by atoms with Crippen LogP contribution in [0.2, 0.25) is 0 Å². The monoisotopic (exact) mass is 1000 g/mol. The molecule has 1 saturated carbocycles. The molecule has 1 aromatic carbocycles. The lowest BCUT2D eigenvalue weighted by Gasteiger charge is -2.35. The zero-order chi connectivity index (χ0) is 51.6. The fraction of sp³-hybridized carbons (Fsp3) is 0.635. The summed E-state index contributed by atoms with van der Waals surface area (Å²) >= 11 is 1.21. The molecule has 0 aromatic heterocycles. The van der Waals surface area contributed by atoms with E-state index >= 15 is 0 Å². The van der Waals surface area contributed by atoms with E-state index in [4.69, 9.17) is 19.0 Å². The lowest BCUT2D eigenvalue weighted by molar-refractivity contribution is -0.201. The molecule has 0 spiro atoms. The number of thioether (sulfide) groups is 1. The number of carbonyl (C=O) groups excluding carboxylic acids is 9. The Morgan fingerprint density at radius 3 is 2.34 bits per heavy atom. The molecule has 1 aromatic rings. The molecule has 4 bridgehead atoms. The maximum absolute atomic E-state index is 14.4. The van der Waals surface area contributed by atoms with Gasteiger partial charge in [-0.3, -0.25) is 33.7 Å². The maximum Gasteiger partial charge on any atom is 0.407 e. The van der Waals surface area contributed by atoms with E-state index in [2.05, 4.69) is 30.5 Å². The van der Waals surface area contributed by atoms with E-state index in [1.54, 1.807) is 25.8 Å². The second-order valence-electron chi connectivity index (χ2n) is 20.6. The zero-order valence-electron chi connectivity index (χ0n) is 42.4. The van der Waals surface area contributed by atoms with Gasteiger partial charge in [0, 0.05) is 76.1 Å². The van der Waals surface area contributed by atoms with Crippen molar-refractivity contribution in [2.24, 2.45) is 23.7 Å². The normalized spacial score (nSPS) is 32.0. The summed E-state index contributed by atoms with van der Waals surface area (Å²) in [5.41, 5.74) is 3.70. The molecule has 5 aliphatic heterocycles. The van der Waals surface area contributed by atoms with Crippen LogP contribution in [0.4, 0.5) is 10.5 Å². The summed E-state index contributed by atoms with van der Waals surface area (Å²) in [4.78, 5) is 127. The van der Waals surface area contributed by atoms with Crippen LogP contribution in [0.5, 0.6) is 0 Å². The van der Waals surface area contributed by atoms with Crippen LogP contribution in [0.1, 0.15) is 116 Å². The van der Waals surface area contributed by atoms with Gasteiger partial charge >= 0.3 is 18.0 Å². The van der Waals surface area contributed by atoms with Crippen molar-refractivity contribution in [3.8, 4) is 0 Å². The van der Waals surface area contributed by atoms with Gasteiger partial charge in [0.05, 0.1) is 23.7 Å². The SMILES string of the molecule is C/C1=C\C=C\[C@@H](C)C2CC(OC(=O)N2)[C@@H](C)C2O[C@]2(C)[C@@H](OC(=O)[C@H](C)N(C)C(=O)CCSC2CC(=O)N(CC3CCC(C(=O)ON4C(=O)CCC4=O)CC3)C2=O)CC(=O)N(C)c2cc(cc(C)c2C)C1. The molecule has 6 aliphatic rings. The minimum Gasteiger partial charge on any atom is -0.457 e. The Labute approximate surface area is 419 Å². The largest absolute Gasteiger partial charge is 0.457 e. The van der Waals surface area contributed by atoms with E-state index in [0.29, 0.717) is 43.6 Å². The van der Waals surface area contributed by atoms with Crippen LogP contribution in [0.15, 0.2) is 35.9 Å². The third-order valence-corrected chi connectivity index (χ3v) is 16.8. The molecule has 71 heavy (non-hydrogen) atoms. The number of fused-ring (bicyclic) bond motifs is 5. The number of anilines is 1. The van der Waals surface area contributed by atoms with Crippen molar-refractivity contribution in [3.05, 3.63) is 52.6 Å². The third-order valence-electron chi connectivity index (χ3n) is 15.6. The number of benzene rings is 1. The summed E-state index contributed by atoms with van der Waals surface area (Å²) in [7, 11) is 3.19.